The van der Waals surface area contributed by atoms with Crippen LogP contribution in [0.1, 0.15) is 49.8 Å². The molecule has 2 aromatic heterocycles. The first-order chi connectivity index (χ1) is 26.3. The number of primary amides is 1. The van der Waals surface area contributed by atoms with Crippen LogP contribution in [0.2, 0.25) is 0 Å². The molecule has 0 radical (unpaired) electrons. The fourth-order valence-corrected chi connectivity index (χ4v) is 6.40. The second-order valence-corrected chi connectivity index (χ2v) is 13.4. The number of carboxylic acids is 1. The van der Waals surface area contributed by atoms with E-state index in [1.54, 1.807) is 12.3 Å². The van der Waals surface area contributed by atoms with Crippen LogP contribution in [-0.4, -0.2) is 127 Å². The number of carbonyl (C=O) groups excluding carboxylic acids is 6. The molecular formula is C35H49N11O9. The number of aliphatic carboxylic acids is 1. The number of benzene rings is 1. The van der Waals surface area contributed by atoms with E-state index in [2.05, 4.69) is 36.2 Å². The van der Waals surface area contributed by atoms with E-state index < -0.39 is 90.7 Å². The summed E-state index contributed by atoms with van der Waals surface area (Å²) in [5.74, 6) is -6.30. The Kier molecular flexibility index (Phi) is 15.2. The smallest absolute Gasteiger partial charge is 0.328 e. The predicted molar refractivity (Wildman–Crippen MR) is 196 cm³/mol. The molecule has 0 spiro atoms. The van der Waals surface area contributed by atoms with Crippen LogP contribution >= 0.6 is 0 Å². The van der Waals surface area contributed by atoms with Gasteiger partial charge >= 0.3 is 5.97 Å². The number of fused-ring (bicyclic) bond motifs is 1. The molecule has 298 valence electrons. The van der Waals surface area contributed by atoms with Crippen molar-refractivity contribution < 1.29 is 43.8 Å². The van der Waals surface area contributed by atoms with Crippen molar-refractivity contribution in [1.82, 2.24) is 41.1 Å². The lowest BCUT2D eigenvalue weighted by atomic mass is 10.0. The lowest BCUT2D eigenvalue weighted by Gasteiger charge is -2.30. The topological polar surface area (TPSA) is 334 Å². The fraction of sp³-hybridized carbons (Fsp3) is 0.486. The predicted octanol–water partition coefficient (Wildman–Crippen LogP) is -2.98. The Morgan fingerprint density at radius 2 is 1.62 bits per heavy atom. The third kappa shape index (κ3) is 11.6. The number of aliphatic hydroxyl groups excluding tert-OH is 1. The minimum atomic E-state index is -1.60. The number of amides is 6. The maximum absolute atomic E-state index is 14.3. The zero-order chi connectivity index (χ0) is 40.1. The highest BCUT2D eigenvalue weighted by Gasteiger charge is 2.40. The summed E-state index contributed by atoms with van der Waals surface area (Å²) in [6.45, 7) is -0.451. The van der Waals surface area contributed by atoms with Crippen molar-refractivity contribution in [2.45, 2.75) is 87.6 Å². The van der Waals surface area contributed by atoms with E-state index in [1.165, 1.54) is 17.4 Å². The number of hydrogen-bond acceptors (Lipinski definition) is 11. The quantitative estimate of drug-likeness (QED) is 0.0484. The largest absolute Gasteiger partial charge is 0.480 e. The number of aromatic amines is 2. The molecule has 0 aliphatic carbocycles. The molecule has 3 heterocycles. The van der Waals surface area contributed by atoms with Crippen LogP contribution < -0.4 is 38.5 Å². The number of carbonyl (C=O) groups is 7. The monoisotopic (exact) mass is 767 g/mol. The van der Waals surface area contributed by atoms with Gasteiger partial charge in [-0.1, -0.05) is 18.2 Å². The van der Waals surface area contributed by atoms with Gasteiger partial charge in [0.05, 0.1) is 25.4 Å². The van der Waals surface area contributed by atoms with E-state index in [9.17, 15) is 43.8 Å². The molecule has 1 saturated heterocycles. The van der Waals surface area contributed by atoms with Crippen LogP contribution in [-0.2, 0) is 46.4 Å². The summed E-state index contributed by atoms with van der Waals surface area (Å²) < 4.78 is 0. The second kappa shape index (κ2) is 20.0. The minimum Gasteiger partial charge on any atom is -0.480 e. The van der Waals surface area contributed by atoms with Crippen molar-refractivity contribution in [3.05, 3.63) is 54.2 Å². The van der Waals surface area contributed by atoms with Gasteiger partial charge in [-0.25, -0.2) is 9.78 Å². The molecule has 1 aromatic carbocycles. The third-order valence-electron chi connectivity index (χ3n) is 9.30. The van der Waals surface area contributed by atoms with Crippen molar-refractivity contribution in [3.63, 3.8) is 0 Å². The Hall–Kier alpha value is -5.86. The molecule has 3 aromatic rings. The van der Waals surface area contributed by atoms with Crippen LogP contribution in [0.3, 0.4) is 0 Å². The zero-order valence-corrected chi connectivity index (χ0v) is 30.2. The molecule has 1 fully saturated rings. The standard InChI is InChI=1S/C35H49N11O9/c36-10-4-3-8-24(42-30(49)22(37)13-20-16-39-18-41-20)31(50)43-25(14-29(38)48)32(51)44-26(12-19-15-40-23-7-2-1-6-21(19)23)34(53)46-11-5-9-28(46)33(52)45-27(17-47)35(54)55/h1-2,6-7,15-16,18,22,24-28,40,47H,3-5,8-14,17,36-37H2,(H2,38,48)(H,39,41)(H,42,49)(H,43,50)(H,44,51)(H,45,52)(H,54,55)/t22-,24-,25-,26-,27-,28-/m0/s1. The molecule has 0 saturated carbocycles. The Morgan fingerprint density at radius 1 is 0.909 bits per heavy atom. The van der Waals surface area contributed by atoms with Crippen LogP contribution in [0.15, 0.2) is 43.0 Å². The van der Waals surface area contributed by atoms with Crippen LogP contribution in [0.4, 0.5) is 0 Å². The first-order valence-corrected chi connectivity index (χ1v) is 17.9. The van der Waals surface area contributed by atoms with Gasteiger partial charge in [-0.05, 0) is 50.3 Å². The summed E-state index contributed by atoms with van der Waals surface area (Å²) in [6.07, 6.45) is 5.59. The number of nitrogens with one attached hydrogen (secondary N) is 6. The number of nitrogens with two attached hydrogens (primary N) is 3. The Labute approximate surface area is 315 Å². The van der Waals surface area contributed by atoms with Crippen molar-refractivity contribution in [1.29, 1.82) is 0 Å². The summed E-state index contributed by atoms with van der Waals surface area (Å²) in [6, 6.07) is -0.640. The van der Waals surface area contributed by atoms with Gasteiger partial charge in [0.15, 0.2) is 0 Å². The number of aromatic nitrogens is 3. The lowest BCUT2D eigenvalue weighted by molar-refractivity contribution is -0.145. The van der Waals surface area contributed by atoms with E-state index in [4.69, 9.17) is 17.2 Å². The van der Waals surface area contributed by atoms with E-state index in [1.807, 2.05) is 18.2 Å². The first-order valence-electron chi connectivity index (χ1n) is 17.9. The number of carboxylic acid groups (broad SMARTS) is 1. The maximum Gasteiger partial charge on any atom is 0.328 e. The van der Waals surface area contributed by atoms with Crippen molar-refractivity contribution in [3.8, 4) is 0 Å². The number of unbranched alkanes of at least 4 members (excludes halogenated alkanes) is 1. The molecule has 14 N–H and O–H groups in total. The highest BCUT2D eigenvalue weighted by Crippen LogP contribution is 2.23. The van der Waals surface area contributed by atoms with Gasteiger partial charge in [-0.15, -0.1) is 0 Å². The van der Waals surface area contributed by atoms with E-state index >= 15 is 0 Å². The Balaban J connectivity index is 1.57. The molecular weight excluding hydrogens is 718 g/mol. The molecule has 0 unspecified atom stereocenters. The summed E-state index contributed by atoms with van der Waals surface area (Å²) in [5, 5.41) is 29.5. The molecule has 20 heteroatoms. The minimum absolute atomic E-state index is 0.0863. The van der Waals surface area contributed by atoms with E-state index in [-0.39, 0.29) is 32.2 Å². The normalized spacial score (nSPS) is 16.7. The highest BCUT2D eigenvalue weighted by atomic mass is 16.4. The maximum atomic E-state index is 14.3. The van der Waals surface area contributed by atoms with Crippen LogP contribution in [0, 0.1) is 0 Å². The number of H-pyrrole nitrogens is 2. The van der Waals surface area contributed by atoms with E-state index in [0.717, 1.165) is 10.9 Å². The molecule has 1 aliphatic rings. The number of para-hydroxylation sites is 1. The average molecular weight is 768 g/mol. The Morgan fingerprint density at radius 3 is 2.29 bits per heavy atom. The average Bonchev–Trinajstić information content (AvgIpc) is 3.94. The van der Waals surface area contributed by atoms with Gasteiger partial charge in [0, 0.05) is 48.4 Å². The number of imidazole rings is 1. The molecule has 20 nitrogen and oxygen atoms in total. The Bertz CT molecular complexity index is 1820. The first kappa shape index (κ1) is 41.9. The third-order valence-corrected chi connectivity index (χ3v) is 9.30. The second-order valence-electron chi connectivity index (χ2n) is 13.4. The summed E-state index contributed by atoms with van der Waals surface area (Å²) in [5.41, 5.74) is 19.2. The molecule has 6 atom stereocenters. The summed E-state index contributed by atoms with van der Waals surface area (Å²) in [4.78, 5) is 103. The van der Waals surface area contributed by atoms with Gasteiger partial charge < -0.3 is 63.5 Å². The molecule has 1 aliphatic heterocycles. The number of rotatable bonds is 21. The van der Waals surface area contributed by atoms with Crippen molar-refractivity contribution in [2.24, 2.45) is 17.2 Å². The number of nitrogens with zero attached hydrogens (tertiary/aromatic N) is 2. The molecule has 4 rings (SSSR count). The van der Waals surface area contributed by atoms with Gasteiger partial charge in [0.25, 0.3) is 0 Å². The van der Waals surface area contributed by atoms with E-state index in [0.29, 0.717) is 37.1 Å². The van der Waals surface area contributed by atoms with Crippen molar-refractivity contribution in [2.75, 3.05) is 19.7 Å². The van der Waals surface area contributed by atoms with Gasteiger partial charge in [0.1, 0.15) is 30.2 Å². The SMILES string of the molecule is NCCCC[C@H](NC(=O)[C@@H](N)Cc1cnc[nH]1)C(=O)N[C@@H](CC(N)=O)C(=O)N[C@@H](Cc1c[nH]c2ccccc12)C(=O)N1CCC[C@H]1C(=O)N[C@@H](CO)C(=O)O. The zero-order valence-electron chi connectivity index (χ0n) is 30.2. The highest BCUT2D eigenvalue weighted by molar-refractivity contribution is 5.98. The van der Waals surface area contributed by atoms with Gasteiger partial charge in [0.2, 0.25) is 35.4 Å². The van der Waals surface area contributed by atoms with Crippen LogP contribution in [0.5, 0.6) is 0 Å². The number of aliphatic hydroxyl groups is 1. The van der Waals surface area contributed by atoms with Crippen LogP contribution in [0.25, 0.3) is 10.9 Å². The van der Waals surface area contributed by atoms with Crippen molar-refractivity contribution >= 4 is 52.3 Å². The number of likely N-dealkylation sites (tertiary alicyclic amines) is 1. The summed E-state index contributed by atoms with van der Waals surface area (Å²) >= 11 is 0. The molecule has 0 bridgehead atoms. The number of hydrogen-bond donors (Lipinski definition) is 11. The molecule has 6 amide bonds. The lowest BCUT2D eigenvalue weighted by Crippen LogP contribution is -2.60. The van der Waals surface area contributed by atoms with Gasteiger partial charge in [-0.3, -0.25) is 28.8 Å². The molecule has 55 heavy (non-hydrogen) atoms. The summed E-state index contributed by atoms with van der Waals surface area (Å²) in [7, 11) is 0. The fourth-order valence-electron chi connectivity index (χ4n) is 6.40. The van der Waals surface area contributed by atoms with Gasteiger partial charge in [-0.2, -0.15) is 0 Å².